The molecule has 2 heterocycles. The predicted molar refractivity (Wildman–Crippen MR) is 100 cm³/mol. The Morgan fingerprint density at radius 3 is 2.62 bits per heavy atom. The number of rotatable bonds is 3. The molecule has 0 N–H and O–H groups in total. The number of benzene rings is 2. The van der Waals surface area contributed by atoms with E-state index in [9.17, 15) is 13.2 Å². The molecule has 0 unspecified atom stereocenters. The van der Waals surface area contributed by atoms with Gasteiger partial charge in [0.1, 0.15) is 5.75 Å². The zero-order valence-electron chi connectivity index (χ0n) is 14.7. The Kier molecular flexibility index (Phi) is 4.36. The Hall–Kier alpha value is -2.12. The summed E-state index contributed by atoms with van der Waals surface area (Å²) in [4.78, 5) is 16.4. The first kappa shape index (κ1) is 17.3. The number of likely N-dealkylation sites (N-methyl/N-ethyl adjacent to an activating group) is 1. The zero-order chi connectivity index (χ0) is 18.3. The number of fused-ring (bicyclic) bond motifs is 2. The van der Waals surface area contributed by atoms with Gasteiger partial charge in [-0.05, 0) is 30.0 Å². The lowest BCUT2D eigenvalue weighted by molar-refractivity contribution is -0.138. The van der Waals surface area contributed by atoms with Crippen LogP contribution in [0.2, 0.25) is 0 Å². The van der Waals surface area contributed by atoms with Gasteiger partial charge in [0.25, 0.3) is 5.91 Å². The third kappa shape index (κ3) is 3.29. The summed E-state index contributed by atoms with van der Waals surface area (Å²) in [6.45, 7) is 1.14. The fourth-order valence-corrected chi connectivity index (χ4v) is 5.98. The summed E-state index contributed by atoms with van der Waals surface area (Å²) in [5, 5.41) is 2.17. The van der Waals surface area contributed by atoms with Crippen LogP contribution in [0.25, 0.3) is 10.8 Å². The molecule has 0 bridgehead atoms. The Morgan fingerprint density at radius 2 is 1.81 bits per heavy atom. The van der Waals surface area contributed by atoms with E-state index in [1.807, 2.05) is 54.4 Å². The van der Waals surface area contributed by atoms with E-state index in [0.717, 1.165) is 10.8 Å². The van der Waals surface area contributed by atoms with Gasteiger partial charge in [-0.1, -0.05) is 30.3 Å². The minimum Gasteiger partial charge on any atom is -0.484 e. The van der Waals surface area contributed by atoms with Crippen LogP contribution >= 0.6 is 0 Å². The van der Waals surface area contributed by atoms with Crippen molar-refractivity contribution in [3.63, 3.8) is 0 Å². The van der Waals surface area contributed by atoms with E-state index in [1.165, 1.54) is 0 Å². The number of hydrogen-bond acceptors (Lipinski definition) is 5. The average Bonchev–Trinajstić information content (AvgIpc) is 2.96. The molecule has 2 aliphatic rings. The number of nitrogens with zero attached hydrogens (tertiary/aromatic N) is 2. The summed E-state index contributed by atoms with van der Waals surface area (Å²) >= 11 is 0. The van der Waals surface area contributed by atoms with Gasteiger partial charge in [-0.25, -0.2) is 8.42 Å². The minimum absolute atomic E-state index is 0.0454. The summed E-state index contributed by atoms with van der Waals surface area (Å²) in [6.07, 6.45) is 0. The second-order valence-electron chi connectivity index (χ2n) is 7.08. The smallest absolute Gasteiger partial charge is 0.260 e. The zero-order valence-corrected chi connectivity index (χ0v) is 15.5. The van der Waals surface area contributed by atoms with Gasteiger partial charge in [-0.15, -0.1) is 0 Å². The van der Waals surface area contributed by atoms with Crippen LogP contribution in [0.15, 0.2) is 42.5 Å². The highest BCUT2D eigenvalue weighted by atomic mass is 32.2. The molecular formula is C19H22N2O4S. The first-order valence-corrected chi connectivity index (χ1v) is 10.6. The summed E-state index contributed by atoms with van der Waals surface area (Å²) in [5.41, 5.74) is 0. The monoisotopic (exact) mass is 374 g/mol. The summed E-state index contributed by atoms with van der Waals surface area (Å²) in [5.74, 6) is 0.660. The van der Waals surface area contributed by atoms with Crippen molar-refractivity contribution in [2.45, 2.75) is 12.1 Å². The van der Waals surface area contributed by atoms with Gasteiger partial charge < -0.3 is 9.64 Å². The van der Waals surface area contributed by atoms with Crippen molar-refractivity contribution in [1.82, 2.24) is 9.80 Å². The molecule has 6 nitrogen and oxygen atoms in total. The van der Waals surface area contributed by atoms with Crippen LogP contribution in [0.3, 0.4) is 0 Å². The second-order valence-corrected chi connectivity index (χ2v) is 9.23. The average molecular weight is 374 g/mol. The molecular weight excluding hydrogens is 352 g/mol. The molecule has 0 aliphatic carbocycles. The maximum absolute atomic E-state index is 12.7. The largest absolute Gasteiger partial charge is 0.484 e. The van der Waals surface area contributed by atoms with Crippen LogP contribution in [0.1, 0.15) is 0 Å². The van der Waals surface area contributed by atoms with Crippen LogP contribution in [0, 0.1) is 0 Å². The highest BCUT2D eigenvalue weighted by Gasteiger charge is 2.46. The highest BCUT2D eigenvalue weighted by molar-refractivity contribution is 7.91. The molecule has 0 aromatic heterocycles. The van der Waals surface area contributed by atoms with Gasteiger partial charge in [0.2, 0.25) is 0 Å². The predicted octanol–water partition coefficient (Wildman–Crippen LogP) is 1.16. The standard InChI is InChI=1S/C19H22N2O4S/c1-20-8-9-21(18-13-26(23,24)12-17(18)20)19(22)11-25-16-7-6-14-4-2-3-5-15(14)10-16/h2-7,10,17-18H,8-9,11-13H2,1H3/t17-,18+/m1/s1. The van der Waals surface area contributed by atoms with Crippen molar-refractivity contribution in [3.8, 4) is 5.75 Å². The molecule has 2 fully saturated rings. The van der Waals surface area contributed by atoms with Gasteiger partial charge in [-0.2, -0.15) is 0 Å². The lowest BCUT2D eigenvalue weighted by Gasteiger charge is -2.42. The van der Waals surface area contributed by atoms with Crippen molar-refractivity contribution < 1.29 is 17.9 Å². The van der Waals surface area contributed by atoms with E-state index < -0.39 is 9.84 Å². The number of sulfone groups is 1. The number of piperazine rings is 1. The molecule has 1 amide bonds. The van der Waals surface area contributed by atoms with Gasteiger partial charge in [0.15, 0.2) is 16.4 Å². The van der Waals surface area contributed by atoms with Crippen molar-refractivity contribution in [2.24, 2.45) is 0 Å². The topological polar surface area (TPSA) is 66.9 Å². The van der Waals surface area contributed by atoms with Gasteiger partial charge in [0, 0.05) is 19.1 Å². The number of ether oxygens (including phenoxy) is 1. The maximum Gasteiger partial charge on any atom is 0.260 e. The van der Waals surface area contributed by atoms with E-state index in [-0.39, 0.29) is 36.1 Å². The first-order chi connectivity index (χ1) is 12.4. The fourth-order valence-electron chi connectivity index (χ4n) is 3.92. The quantitative estimate of drug-likeness (QED) is 0.807. The van der Waals surface area contributed by atoms with Gasteiger partial charge >= 0.3 is 0 Å². The van der Waals surface area contributed by atoms with Crippen LogP contribution in [-0.2, 0) is 14.6 Å². The van der Waals surface area contributed by atoms with E-state index in [4.69, 9.17) is 4.74 Å². The molecule has 2 aromatic carbocycles. The Balaban J connectivity index is 1.45. The van der Waals surface area contributed by atoms with E-state index >= 15 is 0 Å². The highest BCUT2D eigenvalue weighted by Crippen LogP contribution is 2.26. The Bertz CT molecular complexity index is 943. The van der Waals surface area contributed by atoms with E-state index in [1.54, 1.807) is 4.90 Å². The molecule has 138 valence electrons. The molecule has 26 heavy (non-hydrogen) atoms. The van der Waals surface area contributed by atoms with Crippen molar-refractivity contribution in [3.05, 3.63) is 42.5 Å². The minimum atomic E-state index is -3.10. The van der Waals surface area contributed by atoms with E-state index in [2.05, 4.69) is 0 Å². The van der Waals surface area contributed by atoms with Crippen LogP contribution in [-0.4, -0.2) is 74.5 Å². The van der Waals surface area contributed by atoms with Gasteiger partial charge in [-0.3, -0.25) is 9.69 Å². The molecule has 7 heteroatoms. The number of carbonyl (C=O) groups is 1. The van der Waals surface area contributed by atoms with Crippen molar-refractivity contribution in [1.29, 1.82) is 0 Å². The maximum atomic E-state index is 12.7. The molecule has 2 saturated heterocycles. The SMILES string of the molecule is CN1CCN(C(=O)COc2ccc3ccccc3c2)[C@H]2CS(=O)(=O)C[C@H]21. The van der Waals surface area contributed by atoms with Crippen LogP contribution in [0.5, 0.6) is 5.75 Å². The van der Waals surface area contributed by atoms with E-state index in [0.29, 0.717) is 18.8 Å². The molecule has 2 aliphatic heterocycles. The summed E-state index contributed by atoms with van der Waals surface area (Å²) < 4.78 is 29.7. The second kappa shape index (κ2) is 6.55. The summed E-state index contributed by atoms with van der Waals surface area (Å²) in [7, 11) is -1.17. The number of amides is 1. The van der Waals surface area contributed by atoms with Crippen molar-refractivity contribution in [2.75, 3.05) is 38.2 Å². The lowest BCUT2D eigenvalue weighted by atomic mass is 10.1. The molecule has 0 spiro atoms. The third-order valence-corrected chi connectivity index (χ3v) is 7.06. The molecule has 4 rings (SSSR count). The first-order valence-electron chi connectivity index (χ1n) is 8.75. The van der Waals surface area contributed by atoms with Gasteiger partial charge in [0.05, 0.1) is 17.5 Å². The third-order valence-electron chi connectivity index (χ3n) is 5.36. The van der Waals surface area contributed by atoms with Crippen LogP contribution in [0.4, 0.5) is 0 Å². The Labute approximate surface area is 153 Å². The normalized spacial score (nSPS) is 25.2. The number of carbonyl (C=O) groups excluding carboxylic acids is 1. The number of hydrogen-bond donors (Lipinski definition) is 0. The Morgan fingerprint density at radius 1 is 1.08 bits per heavy atom. The molecule has 2 atom stereocenters. The molecule has 2 aromatic rings. The van der Waals surface area contributed by atoms with Crippen molar-refractivity contribution >= 4 is 26.5 Å². The lowest BCUT2D eigenvalue weighted by Crippen LogP contribution is -2.60. The summed E-state index contributed by atoms with van der Waals surface area (Å²) in [6, 6.07) is 13.3. The van der Waals surface area contributed by atoms with Crippen LogP contribution < -0.4 is 4.74 Å². The molecule has 0 saturated carbocycles. The molecule has 0 radical (unpaired) electrons. The fraction of sp³-hybridized carbons (Fsp3) is 0.421.